The van der Waals surface area contributed by atoms with E-state index in [4.69, 9.17) is 0 Å². The molecule has 72 valence electrons. The molecule has 0 aromatic heterocycles. The predicted molar refractivity (Wildman–Crippen MR) is 59.3 cm³/mol. The van der Waals surface area contributed by atoms with E-state index in [1.54, 1.807) is 0 Å². The van der Waals surface area contributed by atoms with Gasteiger partial charge in [0.2, 0.25) is 0 Å². The molecule has 13 heavy (non-hydrogen) atoms. The van der Waals surface area contributed by atoms with E-state index in [0.717, 1.165) is 13.0 Å². The van der Waals surface area contributed by atoms with Crippen molar-refractivity contribution in [2.45, 2.75) is 34.1 Å². The first kappa shape index (κ1) is 10.2. The highest BCUT2D eigenvalue weighted by molar-refractivity contribution is 5.81. The summed E-state index contributed by atoms with van der Waals surface area (Å²) in [7, 11) is 0. The summed E-state index contributed by atoms with van der Waals surface area (Å²) in [4.78, 5) is 4.29. The van der Waals surface area contributed by atoms with Crippen LogP contribution in [0.25, 0.3) is 0 Å². The zero-order valence-corrected chi connectivity index (χ0v) is 9.09. The molecular formula is C12H19N. The fourth-order valence-electron chi connectivity index (χ4n) is 1.50. The minimum Gasteiger partial charge on any atom is -0.293 e. The zero-order chi connectivity index (χ0) is 9.90. The van der Waals surface area contributed by atoms with Gasteiger partial charge >= 0.3 is 0 Å². The fourth-order valence-corrected chi connectivity index (χ4v) is 1.50. The molecule has 0 amide bonds. The summed E-state index contributed by atoms with van der Waals surface area (Å²) in [5, 5.41) is 0. The Morgan fingerprint density at radius 2 is 2.23 bits per heavy atom. The van der Waals surface area contributed by atoms with E-state index in [1.807, 2.05) is 6.21 Å². The third-order valence-corrected chi connectivity index (χ3v) is 2.37. The molecule has 0 saturated carbocycles. The van der Waals surface area contributed by atoms with Gasteiger partial charge in [-0.3, -0.25) is 4.99 Å². The van der Waals surface area contributed by atoms with Gasteiger partial charge in [-0.2, -0.15) is 0 Å². The average molecular weight is 177 g/mol. The Hall–Kier alpha value is -0.850. The lowest BCUT2D eigenvalue weighted by Gasteiger charge is -2.25. The largest absolute Gasteiger partial charge is 0.293 e. The van der Waals surface area contributed by atoms with Gasteiger partial charge in [0.1, 0.15) is 0 Å². The summed E-state index contributed by atoms with van der Waals surface area (Å²) in [6.07, 6.45) is 7.63. The van der Waals surface area contributed by atoms with Gasteiger partial charge in [0.25, 0.3) is 0 Å². The normalized spacial score (nSPS) is 21.5. The van der Waals surface area contributed by atoms with E-state index in [-0.39, 0.29) is 0 Å². The number of rotatable bonds is 2. The molecule has 0 aromatic rings. The Morgan fingerprint density at radius 3 is 2.85 bits per heavy atom. The van der Waals surface area contributed by atoms with Gasteiger partial charge in [-0.1, -0.05) is 26.0 Å². The van der Waals surface area contributed by atoms with E-state index in [9.17, 15) is 0 Å². The molecule has 0 spiro atoms. The first-order valence-electron chi connectivity index (χ1n) is 4.94. The first-order chi connectivity index (χ1) is 6.05. The summed E-state index contributed by atoms with van der Waals surface area (Å²) < 4.78 is 0. The fraction of sp³-hybridized carbons (Fsp3) is 0.583. The second-order valence-corrected chi connectivity index (χ2v) is 4.33. The molecule has 0 fully saturated rings. The van der Waals surface area contributed by atoms with Crippen LogP contribution in [0.15, 0.2) is 28.3 Å². The van der Waals surface area contributed by atoms with Gasteiger partial charge in [-0.15, -0.1) is 0 Å². The Kier molecular flexibility index (Phi) is 3.07. The van der Waals surface area contributed by atoms with Crippen molar-refractivity contribution < 1.29 is 0 Å². The van der Waals surface area contributed by atoms with Crippen LogP contribution in [-0.4, -0.2) is 12.8 Å². The molecule has 0 aliphatic heterocycles. The van der Waals surface area contributed by atoms with Crippen molar-refractivity contribution >= 4 is 6.21 Å². The highest BCUT2D eigenvalue weighted by Gasteiger charge is 2.19. The SMILES string of the molecule is CC/N=C\C1=C(C)C=CC(C)(C)C1. The van der Waals surface area contributed by atoms with Crippen LogP contribution in [0, 0.1) is 5.41 Å². The van der Waals surface area contributed by atoms with Crippen LogP contribution < -0.4 is 0 Å². The third-order valence-electron chi connectivity index (χ3n) is 2.37. The second kappa shape index (κ2) is 3.91. The Morgan fingerprint density at radius 1 is 1.54 bits per heavy atom. The first-order valence-corrected chi connectivity index (χ1v) is 4.94. The lowest BCUT2D eigenvalue weighted by atomic mass is 9.80. The van der Waals surface area contributed by atoms with Crippen LogP contribution in [-0.2, 0) is 0 Å². The maximum absolute atomic E-state index is 4.29. The van der Waals surface area contributed by atoms with Crippen molar-refractivity contribution in [1.29, 1.82) is 0 Å². The summed E-state index contributed by atoms with van der Waals surface area (Å²) in [6, 6.07) is 0. The van der Waals surface area contributed by atoms with E-state index < -0.39 is 0 Å². The van der Waals surface area contributed by atoms with Crippen LogP contribution in [0.1, 0.15) is 34.1 Å². The minimum atomic E-state index is 0.300. The molecule has 1 heteroatoms. The highest BCUT2D eigenvalue weighted by Crippen LogP contribution is 2.32. The summed E-state index contributed by atoms with van der Waals surface area (Å²) in [6.45, 7) is 9.62. The summed E-state index contributed by atoms with van der Waals surface area (Å²) >= 11 is 0. The Balaban J connectivity index is 2.82. The van der Waals surface area contributed by atoms with Gasteiger partial charge in [0.05, 0.1) is 0 Å². The Bertz CT molecular complexity index is 267. The average Bonchev–Trinajstić information content (AvgIpc) is 2.07. The molecule has 1 nitrogen and oxygen atoms in total. The quantitative estimate of drug-likeness (QED) is 0.573. The maximum atomic E-state index is 4.29. The van der Waals surface area contributed by atoms with E-state index >= 15 is 0 Å². The van der Waals surface area contributed by atoms with Crippen molar-refractivity contribution in [3.05, 3.63) is 23.3 Å². The molecule has 0 saturated heterocycles. The molecule has 0 unspecified atom stereocenters. The molecule has 1 aliphatic rings. The number of hydrogen-bond acceptors (Lipinski definition) is 1. The van der Waals surface area contributed by atoms with E-state index in [0.29, 0.717) is 5.41 Å². The smallest absolute Gasteiger partial charge is 0.0361 e. The van der Waals surface area contributed by atoms with Crippen molar-refractivity contribution in [3.8, 4) is 0 Å². The van der Waals surface area contributed by atoms with Crippen LogP contribution in [0.5, 0.6) is 0 Å². The number of hydrogen-bond donors (Lipinski definition) is 0. The molecular weight excluding hydrogens is 158 g/mol. The number of nitrogens with zero attached hydrogens (tertiary/aromatic N) is 1. The number of aliphatic imine (C=N–C) groups is 1. The zero-order valence-electron chi connectivity index (χ0n) is 9.09. The van der Waals surface area contributed by atoms with Crippen molar-refractivity contribution in [2.24, 2.45) is 10.4 Å². The van der Waals surface area contributed by atoms with Crippen molar-refractivity contribution in [1.82, 2.24) is 0 Å². The van der Waals surface area contributed by atoms with E-state index in [2.05, 4.69) is 44.8 Å². The van der Waals surface area contributed by atoms with Crippen LogP contribution in [0.2, 0.25) is 0 Å². The lowest BCUT2D eigenvalue weighted by Crippen LogP contribution is -2.13. The number of allylic oxidation sites excluding steroid dienone is 4. The standard InChI is InChI=1S/C12H19N/c1-5-13-9-11-8-12(3,4)7-6-10(11)2/h6-7,9H,5,8H2,1-4H3/b13-9-. The molecule has 0 radical (unpaired) electrons. The molecule has 0 aromatic carbocycles. The Labute approximate surface area is 81.3 Å². The van der Waals surface area contributed by atoms with Gasteiger partial charge in [0, 0.05) is 12.8 Å². The minimum absolute atomic E-state index is 0.300. The predicted octanol–water partition coefficient (Wildman–Crippen LogP) is 3.38. The van der Waals surface area contributed by atoms with Crippen molar-refractivity contribution in [2.75, 3.05) is 6.54 Å². The highest BCUT2D eigenvalue weighted by atomic mass is 14.7. The van der Waals surface area contributed by atoms with Crippen LogP contribution in [0.4, 0.5) is 0 Å². The maximum Gasteiger partial charge on any atom is 0.0361 e. The molecule has 0 bridgehead atoms. The summed E-state index contributed by atoms with van der Waals surface area (Å²) in [5.41, 5.74) is 3.04. The van der Waals surface area contributed by atoms with Crippen molar-refractivity contribution in [3.63, 3.8) is 0 Å². The molecule has 1 aliphatic carbocycles. The molecule has 0 heterocycles. The van der Waals surface area contributed by atoms with Gasteiger partial charge in [-0.05, 0) is 36.8 Å². The molecule has 0 N–H and O–H groups in total. The van der Waals surface area contributed by atoms with Crippen LogP contribution in [0.3, 0.4) is 0 Å². The van der Waals surface area contributed by atoms with Crippen LogP contribution >= 0.6 is 0 Å². The van der Waals surface area contributed by atoms with Gasteiger partial charge < -0.3 is 0 Å². The molecule has 1 rings (SSSR count). The topological polar surface area (TPSA) is 12.4 Å². The second-order valence-electron chi connectivity index (χ2n) is 4.33. The van der Waals surface area contributed by atoms with E-state index in [1.165, 1.54) is 11.1 Å². The third kappa shape index (κ3) is 2.83. The molecule has 0 atom stereocenters. The monoisotopic (exact) mass is 177 g/mol. The van der Waals surface area contributed by atoms with Gasteiger partial charge in [0.15, 0.2) is 0 Å². The lowest BCUT2D eigenvalue weighted by molar-refractivity contribution is 0.475. The van der Waals surface area contributed by atoms with Gasteiger partial charge in [-0.25, -0.2) is 0 Å². The summed E-state index contributed by atoms with van der Waals surface area (Å²) in [5.74, 6) is 0.